The van der Waals surface area contributed by atoms with Gasteiger partial charge in [-0.15, -0.1) is 0 Å². The Labute approximate surface area is 108 Å². The predicted octanol–water partition coefficient (Wildman–Crippen LogP) is 0.730. The van der Waals surface area contributed by atoms with E-state index < -0.39 is 0 Å². The summed E-state index contributed by atoms with van der Waals surface area (Å²) in [5.41, 5.74) is 0. The van der Waals surface area contributed by atoms with Crippen LogP contribution in [-0.2, 0) is 9.53 Å². The van der Waals surface area contributed by atoms with E-state index in [1.807, 2.05) is 6.07 Å². The number of carbonyl (C=O) groups is 1. The minimum atomic E-state index is -0.161. The van der Waals surface area contributed by atoms with Crippen molar-refractivity contribution in [2.24, 2.45) is 0 Å². The number of piperidine rings is 1. The molecule has 0 saturated carbocycles. The van der Waals surface area contributed by atoms with Crippen molar-refractivity contribution in [2.45, 2.75) is 24.3 Å². The Morgan fingerprint density at radius 3 is 2.88 bits per heavy atom. The van der Waals surface area contributed by atoms with Gasteiger partial charge in [0.25, 0.3) is 0 Å². The number of hydrogen-bond acceptors (Lipinski definition) is 3. The van der Waals surface area contributed by atoms with E-state index >= 15 is 0 Å². The fraction of sp³-hybridized carbons (Fsp3) is 0.462. The third-order valence-corrected chi connectivity index (χ3v) is 5.48. The molecular weight excluding hydrogens is 281 g/mol. The molecule has 1 aliphatic heterocycles. The predicted molar refractivity (Wildman–Crippen MR) is 68.6 cm³/mol. The summed E-state index contributed by atoms with van der Waals surface area (Å²) < 4.78 is 6.78. The van der Waals surface area contributed by atoms with Crippen LogP contribution in [0, 0.1) is 0 Å². The van der Waals surface area contributed by atoms with E-state index in [9.17, 15) is 4.79 Å². The van der Waals surface area contributed by atoms with E-state index in [4.69, 9.17) is 4.74 Å². The molecule has 1 aliphatic rings. The van der Waals surface area contributed by atoms with Crippen molar-refractivity contribution in [1.82, 2.24) is 5.32 Å². The van der Waals surface area contributed by atoms with Crippen LogP contribution in [0.25, 0.3) is 0 Å². The summed E-state index contributed by atoms with van der Waals surface area (Å²) in [5, 5.41) is 3.38. The molecule has 1 N–H and O–H groups in total. The van der Waals surface area contributed by atoms with Crippen LogP contribution in [0.1, 0.15) is 13.3 Å². The number of ether oxygens (including phenoxy) is 1. The van der Waals surface area contributed by atoms with Gasteiger partial charge in [-0.1, -0.05) is 0 Å². The normalized spacial score (nSPS) is 24.3. The quantitative estimate of drug-likeness (QED) is 0.660. The first-order valence-electron chi connectivity index (χ1n) is 5.85. The number of carbonyl (C=O) groups excluding carboxylic acids is 1. The second kappa shape index (κ2) is 6.20. The molecule has 0 amide bonds. The number of benzene rings is 1. The van der Waals surface area contributed by atoms with Crippen LogP contribution in [-0.4, -0.2) is 40.1 Å². The van der Waals surface area contributed by atoms with Crippen LogP contribution < -0.4 is 9.78 Å². The monoisotopic (exact) mass is 299 g/mol. The van der Waals surface area contributed by atoms with Gasteiger partial charge < -0.3 is 0 Å². The molecule has 1 fully saturated rings. The SMILES string of the molecule is CC(=O)OC1CCNCC1[Se]c1ccccc1. The molecule has 2 atom stereocenters. The molecule has 1 aromatic rings. The molecule has 0 bridgehead atoms. The molecule has 2 rings (SSSR count). The molecular formula is C13H17NO2Se. The Morgan fingerprint density at radius 1 is 1.41 bits per heavy atom. The number of esters is 1. The average Bonchev–Trinajstić information content (AvgIpc) is 2.32. The summed E-state index contributed by atoms with van der Waals surface area (Å²) >= 11 is 0.356. The summed E-state index contributed by atoms with van der Waals surface area (Å²) in [6.45, 7) is 3.39. The minimum absolute atomic E-state index is 0.0916. The first-order valence-corrected chi connectivity index (χ1v) is 7.70. The number of rotatable bonds is 3. The van der Waals surface area contributed by atoms with Gasteiger partial charge in [-0.3, -0.25) is 0 Å². The first kappa shape index (κ1) is 12.6. The van der Waals surface area contributed by atoms with Gasteiger partial charge in [-0.05, 0) is 0 Å². The summed E-state index contributed by atoms with van der Waals surface area (Å²) in [6, 6.07) is 10.5. The Kier molecular flexibility index (Phi) is 4.60. The first-order chi connectivity index (χ1) is 8.25. The van der Waals surface area contributed by atoms with E-state index in [1.54, 1.807) is 0 Å². The molecule has 1 saturated heterocycles. The zero-order valence-electron chi connectivity index (χ0n) is 9.89. The molecule has 0 aromatic heterocycles. The Balaban J connectivity index is 1.99. The van der Waals surface area contributed by atoms with E-state index in [-0.39, 0.29) is 12.1 Å². The zero-order chi connectivity index (χ0) is 12.1. The second-order valence-corrected chi connectivity index (χ2v) is 6.86. The third-order valence-electron chi connectivity index (χ3n) is 2.71. The molecule has 1 aromatic carbocycles. The molecule has 92 valence electrons. The third kappa shape index (κ3) is 3.84. The van der Waals surface area contributed by atoms with Crippen LogP contribution in [0.15, 0.2) is 30.3 Å². The fourth-order valence-electron chi connectivity index (χ4n) is 1.95. The van der Waals surface area contributed by atoms with Crippen molar-refractivity contribution in [1.29, 1.82) is 0 Å². The van der Waals surface area contributed by atoms with Gasteiger partial charge in [0.15, 0.2) is 0 Å². The molecule has 0 aliphatic carbocycles. The van der Waals surface area contributed by atoms with Gasteiger partial charge in [0.1, 0.15) is 0 Å². The molecule has 3 nitrogen and oxygen atoms in total. The average molecular weight is 298 g/mol. The molecule has 0 radical (unpaired) electrons. The molecule has 4 heteroatoms. The number of nitrogens with one attached hydrogen (secondary N) is 1. The van der Waals surface area contributed by atoms with E-state index in [1.165, 1.54) is 11.4 Å². The Morgan fingerprint density at radius 2 is 2.18 bits per heavy atom. The van der Waals surface area contributed by atoms with Gasteiger partial charge in [0, 0.05) is 0 Å². The zero-order valence-corrected chi connectivity index (χ0v) is 11.6. The van der Waals surface area contributed by atoms with Crippen LogP contribution in [0.2, 0.25) is 4.82 Å². The van der Waals surface area contributed by atoms with Gasteiger partial charge >= 0.3 is 108 Å². The van der Waals surface area contributed by atoms with E-state index in [0.717, 1.165) is 19.5 Å². The molecule has 2 unspecified atom stereocenters. The topological polar surface area (TPSA) is 38.3 Å². The Bertz CT molecular complexity index is 369. The summed E-state index contributed by atoms with van der Waals surface area (Å²) in [5.74, 6) is -0.161. The summed E-state index contributed by atoms with van der Waals surface area (Å²) in [4.78, 5) is 11.5. The van der Waals surface area contributed by atoms with Crippen molar-refractivity contribution in [3.8, 4) is 0 Å². The van der Waals surface area contributed by atoms with E-state index in [0.29, 0.717) is 19.8 Å². The van der Waals surface area contributed by atoms with Crippen molar-refractivity contribution >= 4 is 25.4 Å². The van der Waals surface area contributed by atoms with Crippen molar-refractivity contribution in [2.75, 3.05) is 13.1 Å². The fourth-order valence-corrected chi connectivity index (χ4v) is 4.48. The van der Waals surface area contributed by atoms with Crippen molar-refractivity contribution < 1.29 is 9.53 Å². The number of hydrogen-bond donors (Lipinski definition) is 1. The molecule has 1 heterocycles. The van der Waals surface area contributed by atoms with Gasteiger partial charge in [-0.2, -0.15) is 0 Å². The maximum absolute atomic E-state index is 11.1. The second-order valence-electron chi connectivity index (χ2n) is 4.11. The molecule has 17 heavy (non-hydrogen) atoms. The van der Waals surface area contributed by atoms with Crippen LogP contribution >= 0.6 is 0 Å². The van der Waals surface area contributed by atoms with Gasteiger partial charge in [-0.25, -0.2) is 0 Å². The van der Waals surface area contributed by atoms with Crippen LogP contribution in [0.4, 0.5) is 0 Å². The van der Waals surface area contributed by atoms with Crippen LogP contribution in [0.5, 0.6) is 0 Å². The van der Waals surface area contributed by atoms with Gasteiger partial charge in [0.2, 0.25) is 0 Å². The summed E-state index contributed by atoms with van der Waals surface area (Å²) in [7, 11) is 0. The Hall–Kier alpha value is -0.831. The molecule has 0 spiro atoms. The standard InChI is InChI=1S/C13H17NO2Se/c1-10(15)16-12-7-8-14-9-13(12)17-11-5-3-2-4-6-11/h2-6,12-14H,7-9H2,1H3. The maximum atomic E-state index is 11.1. The van der Waals surface area contributed by atoms with Crippen molar-refractivity contribution in [3.63, 3.8) is 0 Å². The van der Waals surface area contributed by atoms with Crippen molar-refractivity contribution in [3.05, 3.63) is 30.3 Å². The van der Waals surface area contributed by atoms with Crippen LogP contribution in [0.3, 0.4) is 0 Å². The summed E-state index contributed by atoms with van der Waals surface area (Å²) in [6.07, 6.45) is 1.02. The van der Waals surface area contributed by atoms with Gasteiger partial charge in [0.05, 0.1) is 0 Å². The van der Waals surface area contributed by atoms with E-state index in [2.05, 4.69) is 29.6 Å².